The van der Waals surface area contributed by atoms with Gasteiger partial charge in [-0.2, -0.15) is 0 Å². The summed E-state index contributed by atoms with van der Waals surface area (Å²) >= 11 is 0. The molecule has 0 spiro atoms. The van der Waals surface area contributed by atoms with Crippen molar-refractivity contribution in [1.29, 1.82) is 0 Å². The van der Waals surface area contributed by atoms with Crippen molar-refractivity contribution in [2.45, 2.75) is 38.6 Å². The van der Waals surface area contributed by atoms with Crippen LogP contribution in [-0.2, 0) is 0 Å². The molecule has 0 atom stereocenters. The summed E-state index contributed by atoms with van der Waals surface area (Å²) in [5.41, 5.74) is 0.825. The Kier molecular flexibility index (Phi) is 4.71. The summed E-state index contributed by atoms with van der Waals surface area (Å²) in [7, 11) is 1.78. The van der Waals surface area contributed by atoms with Crippen molar-refractivity contribution in [2.75, 3.05) is 13.6 Å². The van der Waals surface area contributed by atoms with Crippen molar-refractivity contribution in [1.82, 2.24) is 15.2 Å². The lowest BCUT2D eigenvalue weighted by molar-refractivity contribution is 0.0793. The maximum Gasteiger partial charge on any atom is 0.270 e. The Morgan fingerprint density at radius 1 is 1.45 bits per heavy atom. The Bertz CT molecular complexity index is 498. The van der Waals surface area contributed by atoms with Gasteiger partial charge < -0.3 is 10.2 Å². The molecule has 5 nitrogen and oxygen atoms in total. The first kappa shape index (κ1) is 14.5. The molecule has 1 heterocycles. The van der Waals surface area contributed by atoms with Gasteiger partial charge in [0.2, 0.25) is 0 Å². The largest absolute Gasteiger partial charge is 0.348 e. The van der Waals surface area contributed by atoms with Crippen molar-refractivity contribution in [2.24, 2.45) is 0 Å². The van der Waals surface area contributed by atoms with E-state index >= 15 is 0 Å². The monoisotopic (exact) mass is 275 g/mol. The molecule has 1 aliphatic carbocycles. The van der Waals surface area contributed by atoms with Crippen LogP contribution in [0.4, 0.5) is 0 Å². The smallest absolute Gasteiger partial charge is 0.270 e. The van der Waals surface area contributed by atoms with Gasteiger partial charge in [0.25, 0.3) is 11.8 Å². The van der Waals surface area contributed by atoms with Crippen molar-refractivity contribution >= 4 is 11.8 Å². The third kappa shape index (κ3) is 3.79. The molecule has 1 saturated carbocycles. The topological polar surface area (TPSA) is 62.3 Å². The van der Waals surface area contributed by atoms with Crippen LogP contribution in [0.1, 0.15) is 53.5 Å². The van der Waals surface area contributed by atoms with Gasteiger partial charge in [0.15, 0.2) is 0 Å². The van der Waals surface area contributed by atoms with E-state index in [-0.39, 0.29) is 17.9 Å². The lowest BCUT2D eigenvalue weighted by Gasteiger charge is -2.16. The molecule has 1 aromatic rings. The number of hydrogen-bond donors (Lipinski definition) is 1. The second kappa shape index (κ2) is 6.50. The van der Waals surface area contributed by atoms with E-state index in [9.17, 15) is 9.59 Å². The van der Waals surface area contributed by atoms with Crippen LogP contribution in [0.2, 0.25) is 0 Å². The van der Waals surface area contributed by atoms with E-state index in [4.69, 9.17) is 0 Å². The quantitative estimate of drug-likeness (QED) is 0.861. The minimum atomic E-state index is -0.196. The van der Waals surface area contributed by atoms with Gasteiger partial charge in [-0.25, -0.2) is 0 Å². The number of pyridine rings is 1. The molecule has 1 aromatic heterocycles. The van der Waals surface area contributed by atoms with Crippen LogP contribution in [0.15, 0.2) is 18.3 Å². The molecule has 1 fully saturated rings. The molecule has 5 heteroatoms. The molecule has 2 amide bonds. The highest BCUT2D eigenvalue weighted by Gasteiger charge is 2.24. The number of hydrogen-bond acceptors (Lipinski definition) is 3. The standard InChI is InChI=1S/C15H21N3O2/c1-3-4-9-18(2)15(20)11-7-8-16-13(10-11)14(19)17-12-5-6-12/h7-8,10,12H,3-6,9H2,1-2H3,(H,17,19). The average Bonchev–Trinajstić information content (AvgIpc) is 3.28. The van der Waals surface area contributed by atoms with Crippen LogP contribution < -0.4 is 5.32 Å². The predicted molar refractivity (Wildman–Crippen MR) is 76.6 cm³/mol. The van der Waals surface area contributed by atoms with Crippen LogP contribution in [-0.4, -0.2) is 41.3 Å². The summed E-state index contributed by atoms with van der Waals surface area (Å²) in [4.78, 5) is 29.9. The van der Waals surface area contributed by atoms with Crippen molar-refractivity contribution in [3.05, 3.63) is 29.6 Å². The van der Waals surface area contributed by atoms with Gasteiger partial charge in [-0.3, -0.25) is 14.6 Å². The minimum absolute atomic E-state index is 0.0682. The third-order valence-corrected chi connectivity index (χ3v) is 3.35. The molecule has 20 heavy (non-hydrogen) atoms. The molecular formula is C15H21N3O2. The Balaban J connectivity index is 2.04. The van der Waals surface area contributed by atoms with Crippen molar-refractivity contribution in [3.63, 3.8) is 0 Å². The normalized spacial score (nSPS) is 13.9. The van der Waals surface area contributed by atoms with E-state index < -0.39 is 0 Å². The van der Waals surface area contributed by atoms with Gasteiger partial charge in [-0.1, -0.05) is 13.3 Å². The number of nitrogens with zero attached hydrogens (tertiary/aromatic N) is 2. The maximum atomic E-state index is 12.2. The number of nitrogens with one attached hydrogen (secondary N) is 1. The van der Waals surface area contributed by atoms with E-state index in [2.05, 4.69) is 17.2 Å². The zero-order valence-corrected chi connectivity index (χ0v) is 12.1. The highest BCUT2D eigenvalue weighted by molar-refractivity contribution is 5.98. The van der Waals surface area contributed by atoms with Crippen molar-refractivity contribution < 1.29 is 9.59 Å². The van der Waals surface area contributed by atoms with E-state index in [1.54, 1.807) is 24.1 Å². The zero-order valence-electron chi connectivity index (χ0n) is 12.1. The SMILES string of the molecule is CCCCN(C)C(=O)c1ccnc(C(=O)NC2CC2)c1. The van der Waals surface area contributed by atoms with Gasteiger partial charge >= 0.3 is 0 Å². The van der Waals surface area contributed by atoms with Crippen LogP contribution in [0.3, 0.4) is 0 Å². The summed E-state index contributed by atoms with van der Waals surface area (Å²) in [5, 5.41) is 2.87. The molecular weight excluding hydrogens is 254 g/mol. The Labute approximate surface area is 119 Å². The maximum absolute atomic E-state index is 12.2. The molecule has 0 aliphatic heterocycles. The molecule has 0 unspecified atom stereocenters. The summed E-state index contributed by atoms with van der Waals surface area (Å²) in [5.74, 6) is -0.264. The van der Waals surface area contributed by atoms with Gasteiger partial charge in [-0.15, -0.1) is 0 Å². The Morgan fingerprint density at radius 2 is 2.20 bits per heavy atom. The fourth-order valence-corrected chi connectivity index (χ4v) is 1.89. The molecule has 0 saturated heterocycles. The van der Waals surface area contributed by atoms with Gasteiger partial charge in [-0.05, 0) is 31.4 Å². The highest BCUT2D eigenvalue weighted by Crippen LogP contribution is 2.19. The number of amides is 2. The lowest BCUT2D eigenvalue weighted by atomic mass is 10.2. The number of carbonyl (C=O) groups is 2. The summed E-state index contributed by atoms with van der Waals surface area (Å²) in [6.45, 7) is 2.81. The van der Waals surface area contributed by atoms with E-state index in [1.807, 2.05) is 0 Å². The van der Waals surface area contributed by atoms with Gasteiger partial charge in [0.1, 0.15) is 5.69 Å². The van der Waals surface area contributed by atoms with Crippen molar-refractivity contribution in [3.8, 4) is 0 Å². The summed E-state index contributed by atoms with van der Waals surface area (Å²) in [6.07, 6.45) is 5.60. The summed E-state index contributed by atoms with van der Waals surface area (Å²) in [6, 6.07) is 3.51. The predicted octanol–water partition coefficient (Wildman–Crippen LogP) is 1.85. The molecule has 0 radical (unpaired) electrons. The number of rotatable bonds is 6. The first-order valence-corrected chi connectivity index (χ1v) is 7.14. The van der Waals surface area contributed by atoms with E-state index in [0.29, 0.717) is 11.3 Å². The fraction of sp³-hybridized carbons (Fsp3) is 0.533. The Morgan fingerprint density at radius 3 is 2.85 bits per heavy atom. The molecule has 2 rings (SSSR count). The van der Waals surface area contributed by atoms with Gasteiger partial charge in [0, 0.05) is 31.4 Å². The second-order valence-electron chi connectivity index (χ2n) is 5.26. The van der Waals surface area contributed by atoms with Crippen LogP contribution in [0, 0.1) is 0 Å². The minimum Gasteiger partial charge on any atom is -0.348 e. The highest BCUT2D eigenvalue weighted by atomic mass is 16.2. The first-order chi connectivity index (χ1) is 9.61. The molecule has 1 aliphatic rings. The molecule has 1 N–H and O–H groups in total. The third-order valence-electron chi connectivity index (χ3n) is 3.35. The molecule has 0 bridgehead atoms. The number of unbranched alkanes of at least 4 members (excludes halogenated alkanes) is 1. The van der Waals surface area contributed by atoms with E-state index in [1.165, 1.54) is 6.20 Å². The van der Waals surface area contributed by atoms with Crippen LogP contribution >= 0.6 is 0 Å². The average molecular weight is 275 g/mol. The second-order valence-corrected chi connectivity index (χ2v) is 5.26. The summed E-state index contributed by atoms with van der Waals surface area (Å²) < 4.78 is 0. The molecule has 108 valence electrons. The first-order valence-electron chi connectivity index (χ1n) is 7.14. The number of aromatic nitrogens is 1. The Hall–Kier alpha value is -1.91. The van der Waals surface area contributed by atoms with E-state index in [0.717, 1.165) is 32.2 Å². The van der Waals surface area contributed by atoms with Crippen LogP contribution in [0.5, 0.6) is 0 Å². The molecule has 0 aromatic carbocycles. The lowest BCUT2D eigenvalue weighted by Crippen LogP contribution is -2.29. The van der Waals surface area contributed by atoms with Crippen LogP contribution in [0.25, 0.3) is 0 Å². The fourth-order valence-electron chi connectivity index (χ4n) is 1.89. The van der Waals surface area contributed by atoms with Gasteiger partial charge in [0.05, 0.1) is 0 Å². The number of carbonyl (C=O) groups excluding carboxylic acids is 2. The zero-order chi connectivity index (χ0) is 14.5.